The summed E-state index contributed by atoms with van der Waals surface area (Å²) in [4.78, 5) is 11.6. The number of aromatic nitrogens is 4. The van der Waals surface area contributed by atoms with Crippen LogP contribution in [0.15, 0.2) is 30.7 Å². The first kappa shape index (κ1) is 12.7. The zero-order valence-corrected chi connectivity index (χ0v) is 12.4. The van der Waals surface area contributed by atoms with Crippen LogP contribution in [0.2, 0.25) is 0 Å². The average Bonchev–Trinajstić information content (AvgIpc) is 3.03. The Morgan fingerprint density at radius 2 is 2.29 bits per heavy atom. The number of nitrogens with zero attached hydrogens (tertiary/aromatic N) is 5. The predicted molar refractivity (Wildman–Crippen MR) is 81.5 cm³/mol. The predicted octanol–water partition coefficient (Wildman–Crippen LogP) is 1.81. The second kappa shape index (κ2) is 4.51. The number of anilines is 1. The highest BCUT2D eigenvalue weighted by atomic mass is 32.1. The lowest BCUT2D eigenvalue weighted by Gasteiger charge is -2.45. The van der Waals surface area contributed by atoms with Crippen LogP contribution < -0.4 is 4.90 Å². The third-order valence-corrected chi connectivity index (χ3v) is 4.87. The third-order valence-electron chi connectivity index (χ3n) is 3.89. The molecule has 4 heterocycles. The molecule has 4 rings (SSSR count). The molecule has 0 bridgehead atoms. The molecule has 1 fully saturated rings. The van der Waals surface area contributed by atoms with Crippen LogP contribution in [0.4, 0.5) is 5.13 Å². The minimum Gasteiger partial charge on any atom is -0.386 e. The van der Waals surface area contributed by atoms with Crippen molar-refractivity contribution in [2.24, 2.45) is 0 Å². The number of rotatable bonds is 3. The second-order valence-electron chi connectivity index (χ2n) is 5.41. The molecule has 1 aliphatic heterocycles. The zero-order chi connectivity index (χ0) is 14.4. The summed E-state index contributed by atoms with van der Waals surface area (Å²) in [6, 6.07) is 3.88. The van der Waals surface area contributed by atoms with Crippen LogP contribution in [0.5, 0.6) is 0 Å². The van der Waals surface area contributed by atoms with E-state index in [-0.39, 0.29) is 0 Å². The van der Waals surface area contributed by atoms with E-state index < -0.39 is 5.60 Å². The van der Waals surface area contributed by atoms with E-state index >= 15 is 0 Å². The number of hydrogen-bond acceptors (Lipinski definition) is 6. The summed E-state index contributed by atoms with van der Waals surface area (Å²) in [7, 11) is 0. The lowest BCUT2D eigenvalue weighted by Crippen LogP contribution is -2.61. The number of aliphatic hydroxyl groups is 1. The maximum atomic E-state index is 10.1. The van der Waals surface area contributed by atoms with Gasteiger partial charge in [0.15, 0.2) is 0 Å². The van der Waals surface area contributed by atoms with Crippen molar-refractivity contribution >= 4 is 21.4 Å². The molecular weight excluding hydrogens is 286 g/mol. The standard InChI is InChI=1S/C14H15N5OS/c1-2-14(20)8-18(9-14)13-17-19-7-11(16-12(19)21-13)10-4-3-5-15-6-10/h3-7,20H,2,8-9H2,1H3. The van der Waals surface area contributed by atoms with Gasteiger partial charge < -0.3 is 10.0 Å². The molecule has 6 nitrogen and oxygen atoms in total. The van der Waals surface area contributed by atoms with E-state index in [0.717, 1.165) is 27.8 Å². The molecule has 108 valence electrons. The first-order valence-electron chi connectivity index (χ1n) is 6.91. The van der Waals surface area contributed by atoms with Crippen LogP contribution in [0, 0.1) is 0 Å². The van der Waals surface area contributed by atoms with Crippen molar-refractivity contribution in [2.75, 3.05) is 18.0 Å². The number of imidazole rings is 1. The summed E-state index contributed by atoms with van der Waals surface area (Å²) in [6.07, 6.45) is 6.23. The molecule has 0 radical (unpaired) electrons. The Morgan fingerprint density at radius 3 is 2.95 bits per heavy atom. The Kier molecular flexibility index (Phi) is 2.73. The summed E-state index contributed by atoms with van der Waals surface area (Å²) >= 11 is 1.54. The quantitative estimate of drug-likeness (QED) is 0.799. The van der Waals surface area contributed by atoms with Crippen LogP contribution in [0.1, 0.15) is 13.3 Å². The van der Waals surface area contributed by atoms with Crippen molar-refractivity contribution < 1.29 is 5.11 Å². The number of β-amino-alcohol motifs (C(OH)–C–C–N with tert-alkyl or cyclic N) is 1. The zero-order valence-electron chi connectivity index (χ0n) is 11.6. The van der Waals surface area contributed by atoms with Crippen molar-refractivity contribution in [1.82, 2.24) is 19.6 Å². The maximum absolute atomic E-state index is 10.1. The fourth-order valence-corrected chi connectivity index (χ4v) is 3.38. The molecule has 0 atom stereocenters. The highest BCUT2D eigenvalue weighted by molar-refractivity contribution is 7.20. The van der Waals surface area contributed by atoms with E-state index in [1.54, 1.807) is 28.2 Å². The van der Waals surface area contributed by atoms with Crippen LogP contribution in [0.3, 0.4) is 0 Å². The van der Waals surface area contributed by atoms with Gasteiger partial charge in [0, 0.05) is 18.0 Å². The van der Waals surface area contributed by atoms with Gasteiger partial charge in [-0.3, -0.25) is 4.98 Å². The molecule has 1 aliphatic rings. The molecule has 3 aromatic heterocycles. The molecule has 1 N–H and O–H groups in total. The largest absolute Gasteiger partial charge is 0.386 e. The van der Waals surface area contributed by atoms with Gasteiger partial charge in [-0.05, 0) is 18.6 Å². The lowest BCUT2D eigenvalue weighted by molar-refractivity contribution is 0.00842. The van der Waals surface area contributed by atoms with E-state index in [9.17, 15) is 5.11 Å². The fraction of sp³-hybridized carbons (Fsp3) is 0.357. The van der Waals surface area contributed by atoms with Crippen LogP contribution in [-0.2, 0) is 0 Å². The minimum atomic E-state index is -0.547. The van der Waals surface area contributed by atoms with Gasteiger partial charge in [-0.25, -0.2) is 9.50 Å². The van der Waals surface area contributed by atoms with Gasteiger partial charge in [0.25, 0.3) is 0 Å². The van der Waals surface area contributed by atoms with Gasteiger partial charge in [0.2, 0.25) is 10.1 Å². The summed E-state index contributed by atoms with van der Waals surface area (Å²) < 4.78 is 1.80. The molecule has 0 spiro atoms. The molecule has 0 saturated carbocycles. The Hall–Kier alpha value is -1.99. The number of hydrogen-bond donors (Lipinski definition) is 1. The van der Waals surface area contributed by atoms with Gasteiger partial charge in [0.05, 0.1) is 30.6 Å². The molecule has 1 saturated heterocycles. The van der Waals surface area contributed by atoms with E-state index in [4.69, 9.17) is 0 Å². The first-order valence-corrected chi connectivity index (χ1v) is 7.72. The van der Waals surface area contributed by atoms with Crippen LogP contribution in [-0.4, -0.2) is 43.4 Å². The van der Waals surface area contributed by atoms with Gasteiger partial charge in [-0.15, -0.1) is 5.10 Å². The molecule has 0 aromatic carbocycles. The molecule has 3 aromatic rings. The second-order valence-corrected chi connectivity index (χ2v) is 6.35. The maximum Gasteiger partial charge on any atom is 0.214 e. The summed E-state index contributed by atoms with van der Waals surface area (Å²) in [5.41, 5.74) is 1.32. The lowest BCUT2D eigenvalue weighted by atomic mass is 9.92. The van der Waals surface area contributed by atoms with Crippen molar-refractivity contribution in [3.63, 3.8) is 0 Å². The normalized spacial score (nSPS) is 17.1. The molecule has 7 heteroatoms. The average molecular weight is 301 g/mol. The van der Waals surface area contributed by atoms with Gasteiger partial charge >= 0.3 is 0 Å². The smallest absolute Gasteiger partial charge is 0.214 e. The third kappa shape index (κ3) is 2.09. The van der Waals surface area contributed by atoms with Crippen molar-refractivity contribution in [3.8, 4) is 11.3 Å². The van der Waals surface area contributed by atoms with E-state index in [0.29, 0.717) is 13.1 Å². The minimum absolute atomic E-state index is 0.547. The van der Waals surface area contributed by atoms with Crippen molar-refractivity contribution in [1.29, 1.82) is 0 Å². The number of fused-ring (bicyclic) bond motifs is 1. The monoisotopic (exact) mass is 301 g/mol. The summed E-state index contributed by atoms with van der Waals surface area (Å²) in [6.45, 7) is 3.30. The Bertz CT molecular complexity index is 744. The van der Waals surface area contributed by atoms with Crippen LogP contribution in [0.25, 0.3) is 16.2 Å². The Morgan fingerprint density at radius 1 is 1.43 bits per heavy atom. The van der Waals surface area contributed by atoms with Crippen molar-refractivity contribution in [2.45, 2.75) is 18.9 Å². The van der Waals surface area contributed by atoms with Gasteiger partial charge in [0.1, 0.15) is 0 Å². The van der Waals surface area contributed by atoms with E-state index in [2.05, 4.69) is 20.0 Å². The molecule has 0 unspecified atom stereocenters. The Balaban J connectivity index is 1.60. The van der Waals surface area contributed by atoms with E-state index in [1.165, 1.54) is 0 Å². The molecule has 0 aliphatic carbocycles. The Labute approximate surface area is 125 Å². The summed E-state index contributed by atoms with van der Waals surface area (Å²) in [5, 5.41) is 15.5. The molecular formula is C14H15N5OS. The van der Waals surface area contributed by atoms with E-state index in [1.807, 2.05) is 25.3 Å². The highest BCUT2D eigenvalue weighted by Crippen LogP contribution is 2.33. The SMILES string of the molecule is CCC1(O)CN(c2nn3cc(-c4cccnc4)nc3s2)C1. The topological polar surface area (TPSA) is 66.5 Å². The van der Waals surface area contributed by atoms with Crippen LogP contribution >= 0.6 is 11.3 Å². The number of pyridine rings is 1. The van der Waals surface area contributed by atoms with Crippen molar-refractivity contribution in [3.05, 3.63) is 30.7 Å². The summed E-state index contributed by atoms with van der Waals surface area (Å²) in [5.74, 6) is 0. The molecule has 0 amide bonds. The first-order chi connectivity index (χ1) is 10.2. The molecule has 21 heavy (non-hydrogen) atoms. The van der Waals surface area contributed by atoms with Gasteiger partial charge in [-0.1, -0.05) is 18.3 Å². The highest BCUT2D eigenvalue weighted by Gasteiger charge is 2.41. The van der Waals surface area contributed by atoms with Gasteiger partial charge in [-0.2, -0.15) is 0 Å². The fourth-order valence-electron chi connectivity index (χ4n) is 2.49.